The van der Waals surface area contributed by atoms with Crippen LogP contribution in [0.4, 0.5) is 5.69 Å². The molecule has 0 heterocycles. The number of hydrogen-bond donors (Lipinski definition) is 2. The Morgan fingerprint density at radius 1 is 1.38 bits per heavy atom. The molecule has 1 aromatic carbocycles. The Kier molecular flexibility index (Phi) is 4.25. The van der Waals surface area contributed by atoms with Crippen LogP contribution in [0.5, 0.6) is 0 Å². The summed E-state index contributed by atoms with van der Waals surface area (Å²) in [6, 6.07) is 7.34. The second-order valence-corrected chi connectivity index (χ2v) is 4.02. The lowest BCUT2D eigenvalue weighted by atomic mass is 10.2. The van der Waals surface area contributed by atoms with Crippen molar-refractivity contribution in [1.29, 1.82) is 0 Å². The normalized spacial score (nSPS) is 9.62. The molecular weight excluding hydrogens is 222 g/mol. The summed E-state index contributed by atoms with van der Waals surface area (Å²) in [5, 5.41) is 3.02. The lowest BCUT2D eigenvalue weighted by Crippen LogP contribution is -2.28. The van der Waals surface area contributed by atoms with E-state index in [9.17, 15) is 4.79 Å². The lowest BCUT2D eigenvalue weighted by Gasteiger charge is -2.11. The molecule has 0 aliphatic rings. The molecule has 0 radical (unpaired) electrons. The molecule has 0 aliphatic carbocycles. The topological polar surface area (TPSA) is 58.4 Å². The third kappa shape index (κ3) is 3.51. The van der Waals surface area contributed by atoms with E-state index in [2.05, 4.69) is 5.32 Å². The van der Waals surface area contributed by atoms with Gasteiger partial charge in [-0.2, -0.15) is 0 Å². The molecule has 0 saturated heterocycles. The second-order valence-electron chi connectivity index (χ2n) is 3.58. The van der Waals surface area contributed by atoms with Crippen LogP contribution in [0, 0.1) is 0 Å². The van der Waals surface area contributed by atoms with Crippen molar-refractivity contribution in [2.45, 2.75) is 0 Å². The van der Waals surface area contributed by atoms with E-state index in [-0.39, 0.29) is 12.5 Å². The molecule has 86 valence electrons. The molecule has 1 amide bonds. The highest BCUT2D eigenvalue weighted by Gasteiger charge is 2.03. The van der Waals surface area contributed by atoms with Gasteiger partial charge in [-0.1, -0.05) is 12.2 Å². The first kappa shape index (κ1) is 12.4. The average molecular weight is 237 g/mol. The highest BCUT2D eigenvalue weighted by molar-refractivity contribution is 7.80. The van der Waals surface area contributed by atoms with E-state index in [1.165, 1.54) is 4.90 Å². The predicted molar refractivity (Wildman–Crippen MR) is 69.5 cm³/mol. The molecule has 3 N–H and O–H groups in total. The minimum Gasteiger partial charge on any atom is -0.389 e. The van der Waals surface area contributed by atoms with Crippen molar-refractivity contribution in [2.75, 3.05) is 26.0 Å². The van der Waals surface area contributed by atoms with Crippen LogP contribution in [0.3, 0.4) is 0 Å². The Hall–Kier alpha value is -1.62. The number of thiocarbonyl (C=S) groups is 1. The molecule has 1 rings (SSSR count). The molecule has 4 nitrogen and oxygen atoms in total. The van der Waals surface area contributed by atoms with Crippen molar-refractivity contribution in [1.82, 2.24) is 4.90 Å². The minimum absolute atomic E-state index is 0.0263. The lowest BCUT2D eigenvalue weighted by molar-refractivity contribution is -0.126. The third-order valence-electron chi connectivity index (χ3n) is 2.11. The van der Waals surface area contributed by atoms with Crippen LogP contribution >= 0.6 is 12.2 Å². The highest BCUT2D eigenvalue weighted by atomic mass is 32.1. The Morgan fingerprint density at radius 2 is 1.94 bits per heavy atom. The van der Waals surface area contributed by atoms with Gasteiger partial charge >= 0.3 is 0 Å². The first-order valence-corrected chi connectivity index (χ1v) is 5.25. The number of carbonyl (C=O) groups excluding carboxylic acids is 1. The summed E-state index contributed by atoms with van der Waals surface area (Å²) in [5.41, 5.74) is 7.17. The standard InChI is InChI=1S/C11H15N3OS/c1-14(2)10(15)7-13-9-5-3-8(4-6-9)11(12)16/h3-6,13H,7H2,1-2H3,(H2,12,16). The number of carbonyl (C=O) groups is 1. The first-order valence-electron chi connectivity index (χ1n) is 4.84. The summed E-state index contributed by atoms with van der Waals surface area (Å²) in [4.78, 5) is 13.2. The van der Waals surface area contributed by atoms with E-state index in [0.29, 0.717) is 4.99 Å². The summed E-state index contributed by atoms with van der Waals surface area (Å²) in [7, 11) is 3.44. The first-order chi connectivity index (χ1) is 7.50. The van der Waals surface area contributed by atoms with Crippen LogP contribution in [0.2, 0.25) is 0 Å². The summed E-state index contributed by atoms with van der Waals surface area (Å²) >= 11 is 4.84. The van der Waals surface area contributed by atoms with Gasteiger partial charge in [0.1, 0.15) is 4.99 Å². The van der Waals surface area contributed by atoms with Crippen LogP contribution in [-0.2, 0) is 4.79 Å². The van der Waals surface area contributed by atoms with E-state index in [4.69, 9.17) is 18.0 Å². The van der Waals surface area contributed by atoms with Gasteiger partial charge in [0.25, 0.3) is 0 Å². The fourth-order valence-electron chi connectivity index (χ4n) is 1.09. The van der Waals surface area contributed by atoms with Crippen molar-refractivity contribution in [3.8, 4) is 0 Å². The number of nitrogens with zero attached hydrogens (tertiary/aromatic N) is 1. The minimum atomic E-state index is 0.0263. The number of rotatable bonds is 4. The number of amides is 1. The van der Waals surface area contributed by atoms with Crippen molar-refractivity contribution < 1.29 is 4.79 Å². The van der Waals surface area contributed by atoms with Crippen molar-refractivity contribution in [3.05, 3.63) is 29.8 Å². The van der Waals surface area contributed by atoms with Crippen LogP contribution in [0.15, 0.2) is 24.3 Å². The zero-order valence-corrected chi connectivity index (χ0v) is 10.2. The van der Waals surface area contributed by atoms with Gasteiger partial charge in [-0.3, -0.25) is 4.79 Å². The molecule has 0 atom stereocenters. The summed E-state index contributed by atoms with van der Waals surface area (Å²) in [5.74, 6) is 0.0263. The van der Waals surface area contributed by atoms with Crippen LogP contribution in [0.25, 0.3) is 0 Å². The SMILES string of the molecule is CN(C)C(=O)CNc1ccc(C(N)=S)cc1. The molecular formula is C11H15N3OS. The maximum absolute atomic E-state index is 11.3. The smallest absolute Gasteiger partial charge is 0.241 e. The zero-order chi connectivity index (χ0) is 12.1. The Bertz CT molecular complexity index is 387. The molecule has 0 fully saturated rings. The number of nitrogens with two attached hydrogens (primary N) is 1. The molecule has 0 aromatic heterocycles. The molecule has 0 spiro atoms. The van der Waals surface area contributed by atoms with Gasteiger partial charge in [-0.15, -0.1) is 0 Å². The fourth-order valence-corrected chi connectivity index (χ4v) is 1.22. The molecule has 1 aromatic rings. The van der Waals surface area contributed by atoms with Gasteiger partial charge in [0.05, 0.1) is 6.54 Å². The monoisotopic (exact) mass is 237 g/mol. The molecule has 0 saturated carbocycles. The maximum atomic E-state index is 11.3. The van der Waals surface area contributed by atoms with Gasteiger partial charge in [-0.25, -0.2) is 0 Å². The van der Waals surface area contributed by atoms with Gasteiger partial charge in [0, 0.05) is 25.3 Å². The van der Waals surface area contributed by atoms with E-state index in [1.54, 1.807) is 14.1 Å². The molecule has 0 aliphatic heterocycles. The van der Waals surface area contributed by atoms with E-state index >= 15 is 0 Å². The summed E-state index contributed by atoms with van der Waals surface area (Å²) in [6.07, 6.45) is 0. The molecule has 0 unspecified atom stereocenters. The Labute approximate surface area is 100 Å². The Morgan fingerprint density at radius 3 is 2.38 bits per heavy atom. The molecule has 16 heavy (non-hydrogen) atoms. The second kappa shape index (κ2) is 5.46. The van der Waals surface area contributed by atoms with Gasteiger partial charge in [-0.05, 0) is 24.3 Å². The number of hydrogen-bond acceptors (Lipinski definition) is 3. The number of anilines is 1. The Balaban J connectivity index is 2.56. The van der Waals surface area contributed by atoms with Crippen LogP contribution < -0.4 is 11.1 Å². The van der Waals surface area contributed by atoms with Crippen LogP contribution in [0.1, 0.15) is 5.56 Å². The predicted octanol–water partition coefficient (Wildman–Crippen LogP) is 0.821. The van der Waals surface area contributed by atoms with Crippen molar-refractivity contribution in [2.24, 2.45) is 5.73 Å². The number of benzene rings is 1. The van der Waals surface area contributed by atoms with Crippen molar-refractivity contribution >= 4 is 28.8 Å². The maximum Gasteiger partial charge on any atom is 0.241 e. The van der Waals surface area contributed by atoms with Crippen LogP contribution in [-0.4, -0.2) is 36.4 Å². The summed E-state index contributed by atoms with van der Waals surface area (Å²) in [6.45, 7) is 0.277. The number of likely N-dealkylation sites (N-methyl/N-ethyl adjacent to an activating group) is 1. The van der Waals surface area contributed by atoms with E-state index in [1.807, 2.05) is 24.3 Å². The third-order valence-corrected chi connectivity index (χ3v) is 2.35. The molecule has 5 heteroatoms. The quantitative estimate of drug-likeness (QED) is 0.761. The average Bonchev–Trinajstić information content (AvgIpc) is 2.26. The largest absolute Gasteiger partial charge is 0.389 e. The van der Waals surface area contributed by atoms with Gasteiger partial charge < -0.3 is 16.0 Å². The van der Waals surface area contributed by atoms with E-state index < -0.39 is 0 Å². The fraction of sp³-hybridized carbons (Fsp3) is 0.273. The molecule has 0 bridgehead atoms. The highest BCUT2D eigenvalue weighted by Crippen LogP contribution is 2.09. The summed E-state index contributed by atoms with van der Waals surface area (Å²) < 4.78 is 0. The van der Waals surface area contributed by atoms with Gasteiger partial charge in [0.15, 0.2) is 0 Å². The number of nitrogens with one attached hydrogen (secondary N) is 1. The van der Waals surface area contributed by atoms with Gasteiger partial charge in [0.2, 0.25) is 5.91 Å². The van der Waals surface area contributed by atoms with Crippen molar-refractivity contribution in [3.63, 3.8) is 0 Å². The van der Waals surface area contributed by atoms with E-state index in [0.717, 1.165) is 11.3 Å². The zero-order valence-electron chi connectivity index (χ0n) is 9.36.